The molecule has 0 aromatic carbocycles. The van der Waals surface area contributed by atoms with Crippen LogP contribution in [0.3, 0.4) is 0 Å². The number of aromatic amines is 2. The lowest BCUT2D eigenvalue weighted by Gasteiger charge is -2.18. The van der Waals surface area contributed by atoms with Crippen molar-refractivity contribution in [2.75, 3.05) is 13.7 Å². The van der Waals surface area contributed by atoms with Crippen LogP contribution in [0.15, 0.2) is 36.4 Å². The van der Waals surface area contributed by atoms with Crippen LogP contribution in [0.1, 0.15) is 184 Å². The van der Waals surface area contributed by atoms with Crippen molar-refractivity contribution >= 4 is 62.6 Å². The van der Waals surface area contributed by atoms with Gasteiger partial charge in [-0.15, -0.1) is 0 Å². The lowest BCUT2D eigenvalue weighted by atomic mass is 9.87. The molecular formula is C55H74N4O5. The van der Waals surface area contributed by atoms with Gasteiger partial charge in [-0.25, -0.2) is 4.98 Å². The predicted octanol–water partition coefficient (Wildman–Crippen LogP) is 12.5. The highest BCUT2D eigenvalue weighted by molar-refractivity contribution is 5.98. The number of aryl methyl sites for hydroxylation is 2. The molecule has 0 amide bonds. The summed E-state index contributed by atoms with van der Waals surface area (Å²) in [5.41, 5.74) is 13.3. The van der Waals surface area contributed by atoms with Crippen molar-refractivity contribution in [1.82, 2.24) is 19.9 Å². The molecule has 64 heavy (non-hydrogen) atoms. The van der Waals surface area contributed by atoms with E-state index in [4.69, 9.17) is 19.4 Å². The fourth-order valence-electron chi connectivity index (χ4n) is 10.1. The van der Waals surface area contributed by atoms with Gasteiger partial charge >= 0.3 is 11.9 Å². The lowest BCUT2D eigenvalue weighted by Crippen LogP contribution is -2.18. The summed E-state index contributed by atoms with van der Waals surface area (Å²) in [5, 5.41) is 13.2. The molecule has 3 N–H and O–H groups in total. The molecule has 3 aromatic heterocycles. The summed E-state index contributed by atoms with van der Waals surface area (Å²) in [6, 6.07) is 6.15. The Morgan fingerprint density at radius 3 is 2.17 bits per heavy atom. The molecule has 2 aliphatic heterocycles. The molecule has 0 saturated heterocycles. The van der Waals surface area contributed by atoms with E-state index in [1.165, 1.54) is 57.6 Å². The van der Waals surface area contributed by atoms with Crippen LogP contribution in [-0.4, -0.2) is 50.7 Å². The van der Waals surface area contributed by atoms with Crippen molar-refractivity contribution < 1.29 is 24.2 Å². The van der Waals surface area contributed by atoms with Crippen LogP contribution in [0.5, 0.6) is 0 Å². The van der Waals surface area contributed by atoms with Crippen molar-refractivity contribution in [1.29, 1.82) is 0 Å². The molecule has 0 saturated carbocycles. The van der Waals surface area contributed by atoms with Crippen LogP contribution in [-0.2, 0) is 19.1 Å². The predicted molar refractivity (Wildman–Crippen MR) is 264 cm³/mol. The average Bonchev–Trinajstić information content (AvgIpc) is 3.99. The highest BCUT2D eigenvalue weighted by Crippen LogP contribution is 2.42. The molecule has 9 nitrogen and oxygen atoms in total. The molecule has 5 heterocycles. The molecule has 0 unspecified atom stereocenters. The molecule has 3 aromatic rings. The number of aromatic nitrogens is 4. The van der Waals surface area contributed by atoms with Crippen LogP contribution in [0, 0.1) is 31.6 Å². The zero-order valence-electron chi connectivity index (χ0n) is 40.6. The summed E-state index contributed by atoms with van der Waals surface area (Å²) in [5.74, 6) is -0.0309. The van der Waals surface area contributed by atoms with Gasteiger partial charge in [0.1, 0.15) is 18.3 Å². The van der Waals surface area contributed by atoms with Gasteiger partial charge in [-0.1, -0.05) is 97.8 Å². The maximum Gasteiger partial charge on any atom is 0.321 e. The summed E-state index contributed by atoms with van der Waals surface area (Å²) < 4.78 is 11.1. The average molecular weight is 871 g/mol. The first-order valence-electron chi connectivity index (χ1n) is 24.0. The van der Waals surface area contributed by atoms with Crippen molar-refractivity contribution in [2.24, 2.45) is 17.8 Å². The zero-order valence-corrected chi connectivity index (χ0v) is 40.6. The number of carbonyl (C=O) groups excluding carboxylic acids is 2. The smallest absolute Gasteiger partial charge is 0.321 e. The number of H-pyrrole nitrogens is 2. The monoisotopic (exact) mass is 871 g/mol. The molecule has 3 aliphatic rings. The van der Waals surface area contributed by atoms with Gasteiger partial charge in [0, 0.05) is 45.2 Å². The van der Waals surface area contributed by atoms with Gasteiger partial charge in [-0.05, 0) is 130 Å². The van der Waals surface area contributed by atoms with Crippen LogP contribution < -0.4 is 10.6 Å². The normalized spacial score (nSPS) is 17.1. The minimum Gasteiger partial charge on any atom is -0.510 e. The topological polar surface area (TPSA) is 130 Å². The standard InChI is InChI=1S/C55H74N4O5/c1-13-39-35(8)42-28-44-37(10)41(24-25-48(60)64-27-26-34(7)23-17-22-33(6)21-16-20-32(5)19-15-18-31(3)4)52(58-44)50-51(55(62)63-12)54(61)49-38(11)45(59-53(49)50)30-47-40(14-2)36(9)43(57-47)29-46(39)56-42/h13,26,28-33,41,51,56,59,61H,1,14-25,27H2,2-12H3/b34-26+,42-28?,46-29?,47-30?/t32-,33-,41+,51-/m1/s1. The number of nitrogens with one attached hydrogen (secondary N) is 2. The number of aliphatic hydroxyl groups is 1. The quantitative estimate of drug-likeness (QED) is 0.0761. The van der Waals surface area contributed by atoms with E-state index in [1.54, 1.807) is 0 Å². The molecule has 0 spiro atoms. The van der Waals surface area contributed by atoms with Crippen molar-refractivity contribution in [3.05, 3.63) is 86.3 Å². The number of rotatable bonds is 20. The highest BCUT2D eigenvalue weighted by atomic mass is 16.5. The second kappa shape index (κ2) is 21.2. The second-order valence-electron chi connectivity index (χ2n) is 19.4. The molecule has 344 valence electrons. The van der Waals surface area contributed by atoms with E-state index in [9.17, 15) is 14.7 Å². The van der Waals surface area contributed by atoms with Gasteiger partial charge in [0.2, 0.25) is 0 Å². The van der Waals surface area contributed by atoms with Gasteiger partial charge in [-0.3, -0.25) is 14.6 Å². The van der Waals surface area contributed by atoms with E-state index in [0.29, 0.717) is 28.4 Å². The van der Waals surface area contributed by atoms with Crippen LogP contribution >= 0.6 is 0 Å². The minimum absolute atomic E-state index is 0.0756. The van der Waals surface area contributed by atoms with Crippen LogP contribution in [0.25, 0.3) is 50.6 Å². The first-order valence-corrected chi connectivity index (χ1v) is 24.0. The number of ether oxygens (including phenoxy) is 2. The zero-order chi connectivity index (χ0) is 46.4. The molecule has 0 radical (unpaired) electrons. The molecule has 9 heteroatoms. The Bertz CT molecular complexity index is 2620. The van der Waals surface area contributed by atoms with E-state index < -0.39 is 11.9 Å². The van der Waals surface area contributed by atoms with Gasteiger partial charge in [0.25, 0.3) is 0 Å². The lowest BCUT2D eigenvalue weighted by molar-refractivity contribution is -0.143. The third-order valence-electron chi connectivity index (χ3n) is 14.2. The number of fused-ring (bicyclic) bond motifs is 8. The first-order chi connectivity index (χ1) is 30.6. The van der Waals surface area contributed by atoms with E-state index in [1.807, 2.05) is 38.1 Å². The number of esters is 2. The van der Waals surface area contributed by atoms with Gasteiger partial charge in [-0.2, -0.15) is 0 Å². The van der Waals surface area contributed by atoms with Crippen LogP contribution in [0.2, 0.25) is 0 Å². The van der Waals surface area contributed by atoms with Crippen molar-refractivity contribution in [3.8, 4) is 0 Å². The van der Waals surface area contributed by atoms with Gasteiger partial charge < -0.3 is 24.5 Å². The number of methoxy groups -OCH3 is 1. The Labute approximate surface area is 381 Å². The highest BCUT2D eigenvalue weighted by Gasteiger charge is 2.40. The number of allylic oxidation sites excluding steroid dienone is 3. The maximum atomic E-state index is 13.6. The molecule has 4 atom stereocenters. The summed E-state index contributed by atoms with van der Waals surface area (Å²) in [6.45, 7) is 26.2. The molecule has 1 aliphatic carbocycles. The van der Waals surface area contributed by atoms with E-state index in [2.05, 4.69) is 78.0 Å². The number of hydrogen-bond donors (Lipinski definition) is 3. The number of carbonyl (C=O) groups is 2. The molecule has 6 rings (SSSR count). The van der Waals surface area contributed by atoms with E-state index in [-0.39, 0.29) is 30.7 Å². The van der Waals surface area contributed by atoms with Gasteiger partial charge in [0.15, 0.2) is 0 Å². The van der Waals surface area contributed by atoms with Gasteiger partial charge in [0.05, 0.1) is 35.1 Å². The number of nitrogens with zero attached hydrogens (tertiary/aromatic N) is 2. The van der Waals surface area contributed by atoms with Crippen LogP contribution in [0.4, 0.5) is 0 Å². The summed E-state index contributed by atoms with van der Waals surface area (Å²) in [4.78, 5) is 44.7. The molecule has 0 fully saturated rings. The molecular weight excluding hydrogens is 797 g/mol. The fourth-order valence-corrected chi connectivity index (χ4v) is 10.1. The Morgan fingerprint density at radius 2 is 1.52 bits per heavy atom. The number of aliphatic hydroxyl groups excluding tert-OH is 1. The van der Waals surface area contributed by atoms with Crippen molar-refractivity contribution in [3.63, 3.8) is 0 Å². The summed E-state index contributed by atoms with van der Waals surface area (Å²) in [6.07, 6.45) is 16.6. The fraction of sp³-hybridized carbons (Fsp3) is 0.527. The summed E-state index contributed by atoms with van der Waals surface area (Å²) >= 11 is 0. The maximum absolute atomic E-state index is 13.6. The Kier molecular flexibility index (Phi) is 16.0. The SMILES string of the molecule is C=Cc1c(C)c2cc3nc(c4c5[nH]c(cc6nc(cc1[nH]2)C(C)=C6CC)c(C)c5=C(O)[C@@H]4C(=O)OC)[C@@H](CCC(=O)OC/C=C(\C)CCC[C@H](C)CCC[C@H](C)CCCC(C)C)C=3C. The minimum atomic E-state index is -1.08. The third kappa shape index (κ3) is 10.5. The summed E-state index contributed by atoms with van der Waals surface area (Å²) in [7, 11) is 1.33. The Hall–Kier alpha value is -5.18. The molecule has 8 bridgehead atoms. The first kappa shape index (κ1) is 48.3. The Balaban J connectivity index is 1.25. The largest absolute Gasteiger partial charge is 0.510 e. The van der Waals surface area contributed by atoms with E-state index in [0.717, 1.165) is 104 Å². The Morgan fingerprint density at radius 1 is 0.859 bits per heavy atom. The number of hydrogen-bond acceptors (Lipinski definition) is 7. The van der Waals surface area contributed by atoms with Crippen molar-refractivity contribution in [2.45, 2.75) is 158 Å². The van der Waals surface area contributed by atoms with E-state index >= 15 is 0 Å². The second-order valence-corrected chi connectivity index (χ2v) is 19.4. The third-order valence-corrected chi connectivity index (χ3v) is 14.2.